The van der Waals surface area contributed by atoms with Gasteiger partial charge >= 0.3 is 0 Å². The Morgan fingerprint density at radius 3 is 3.00 bits per heavy atom. The van der Waals surface area contributed by atoms with Crippen molar-refractivity contribution in [3.05, 3.63) is 23.2 Å². The molecule has 1 aliphatic heterocycles. The fraction of sp³-hybridized carbons (Fsp3) is 0.300. The normalized spacial score (nSPS) is 19.1. The maximum atomic E-state index is 11.6. The summed E-state index contributed by atoms with van der Waals surface area (Å²) in [4.78, 5) is 11.6. The summed E-state index contributed by atoms with van der Waals surface area (Å²) in [6.07, 6.45) is 1.97. The molecule has 0 aromatic heterocycles. The van der Waals surface area contributed by atoms with Crippen LogP contribution in [0.15, 0.2) is 18.2 Å². The van der Waals surface area contributed by atoms with Gasteiger partial charge in [0.05, 0.1) is 11.4 Å². The largest absolute Gasteiger partial charge is 0.371 e. The van der Waals surface area contributed by atoms with E-state index >= 15 is 0 Å². The van der Waals surface area contributed by atoms with Gasteiger partial charge in [-0.15, -0.1) is 0 Å². The maximum absolute atomic E-state index is 11.6. The number of nitrogens with one attached hydrogen (secondary N) is 2. The molecule has 0 aliphatic carbocycles. The Kier molecular flexibility index (Phi) is 3.07. The molecule has 1 atom stereocenters. The third-order valence-corrected chi connectivity index (χ3v) is 3.12. The summed E-state index contributed by atoms with van der Waals surface area (Å²) in [5, 5.41) is 6.69. The van der Waals surface area contributed by atoms with Crippen molar-refractivity contribution >= 4 is 40.6 Å². The molecule has 0 spiro atoms. The third-order valence-electron chi connectivity index (χ3n) is 2.22. The first-order chi connectivity index (χ1) is 7.20. The lowest BCUT2D eigenvalue weighted by molar-refractivity contribution is -0.116. The second-order valence-electron chi connectivity index (χ2n) is 3.33. The number of halogens is 1. The van der Waals surface area contributed by atoms with Gasteiger partial charge < -0.3 is 10.6 Å². The van der Waals surface area contributed by atoms with Crippen LogP contribution in [0.4, 0.5) is 11.4 Å². The highest BCUT2D eigenvalue weighted by atomic mass is 35.5. The monoisotopic (exact) mass is 242 g/mol. The molecule has 2 rings (SSSR count). The number of thioether (sulfide) groups is 1. The molecule has 80 valence electrons. The van der Waals surface area contributed by atoms with E-state index in [4.69, 9.17) is 11.6 Å². The number of hydrogen-bond donors (Lipinski definition) is 2. The molecule has 0 saturated heterocycles. The standard InChI is InChI=1S/C10H11ClN2OS/c1-15-5-9-10(14)13-7-3-2-6(11)4-8(7)12-9/h2-4,9,12H,5H2,1H3,(H,13,14)/t9-/m0/s1. The lowest BCUT2D eigenvalue weighted by Gasteiger charge is -2.26. The first-order valence-electron chi connectivity index (χ1n) is 4.56. The molecule has 1 amide bonds. The smallest absolute Gasteiger partial charge is 0.247 e. The van der Waals surface area contributed by atoms with Crippen molar-refractivity contribution in [3.63, 3.8) is 0 Å². The number of benzene rings is 1. The van der Waals surface area contributed by atoms with Crippen molar-refractivity contribution in [2.45, 2.75) is 6.04 Å². The molecule has 1 heterocycles. The third kappa shape index (κ3) is 2.21. The predicted octanol–water partition coefficient (Wildman–Crippen LogP) is 2.44. The van der Waals surface area contributed by atoms with Crippen molar-refractivity contribution < 1.29 is 4.79 Å². The van der Waals surface area contributed by atoms with Crippen LogP contribution in [0.25, 0.3) is 0 Å². The molecule has 0 bridgehead atoms. The highest BCUT2D eigenvalue weighted by molar-refractivity contribution is 7.98. The lowest BCUT2D eigenvalue weighted by atomic mass is 10.1. The zero-order valence-corrected chi connectivity index (χ0v) is 9.78. The Morgan fingerprint density at radius 1 is 1.47 bits per heavy atom. The van der Waals surface area contributed by atoms with Crippen molar-refractivity contribution in [1.29, 1.82) is 0 Å². The van der Waals surface area contributed by atoms with Gasteiger partial charge in [0.1, 0.15) is 6.04 Å². The van der Waals surface area contributed by atoms with Gasteiger partial charge in [-0.1, -0.05) is 11.6 Å². The molecule has 0 fully saturated rings. The van der Waals surface area contributed by atoms with Crippen LogP contribution >= 0.6 is 23.4 Å². The number of carbonyl (C=O) groups is 1. The van der Waals surface area contributed by atoms with E-state index in [-0.39, 0.29) is 11.9 Å². The van der Waals surface area contributed by atoms with Gasteiger partial charge in [0.25, 0.3) is 0 Å². The minimum atomic E-state index is -0.175. The second kappa shape index (κ2) is 4.33. The summed E-state index contributed by atoms with van der Waals surface area (Å²) in [6, 6.07) is 5.21. The van der Waals surface area contributed by atoms with Gasteiger partial charge in [0.2, 0.25) is 5.91 Å². The summed E-state index contributed by atoms with van der Waals surface area (Å²) in [7, 11) is 0. The zero-order chi connectivity index (χ0) is 10.8. The summed E-state index contributed by atoms with van der Waals surface area (Å²) >= 11 is 7.51. The summed E-state index contributed by atoms with van der Waals surface area (Å²) in [6.45, 7) is 0. The van der Waals surface area contributed by atoms with Crippen LogP contribution in [0.3, 0.4) is 0 Å². The molecular formula is C10H11ClN2OS. The average molecular weight is 243 g/mol. The Hall–Kier alpha value is -0.870. The highest BCUT2D eigenvalue weighted by Gasteiger charge is 2.24. The van der Waals surface area contributed by atoms with E-state index in [2.05, 4.69) is 10.6 Å². The Balaban J connectivity index is 2.26. The van der Waals surface area contributed by atoms with Gasteiger partial charge in [-0.2, -0.15) is 11.8 Å². The Bertz CT molecular complexity index is 397. The summed E-state index contributed by atoms with van der Waals surface area (Å²) < 4.78 is 0. The van der Waals surface area contributed by atoms with Crippen LogP contribution in [0.1, 0.15) is 0 Å². The number of amides is 1. The first-order valence-corrected chi connectivity index (χ1v) is 6.34. The number of carbonyl (C=O) groups excluding carboxylic acids is 1. The molecule has 1 aromatic rings. The molecule has 2 N–H and O–H groups in total. The van der Waals surface area contributed by atoms with E-state index in [1.54, 1.807) is 23.9 Å². The van der Waals surface area contributed by atoms with Crippen LogP contribution in [0, 0.1) is 0 Å². The van der Waals surface area contributed by atoms with Gasteiger partial charge in [0, 0.05) is 10.8 Å². The Morgan fingerprint density at radius 2 is 2.27 bits per heavy atom. The maximum Gasteiger partial charge on any atom is 0.247 e. The molecule has 1 aromatic carbocycles. The van der Waals surface area contributed by atoms with Crippen LogP contribution < -0.4 is 10.6 Å². The summed E-state index contributed by atoms with van der Waals surface area (Å²) in [5.41, 5.74) is 1.68. The van der Waals surface area contributed by atoms with Crippen LogP contribution in [0.5, 0.6) is 0 Å². The van der Waals surface area contributed by atoms with Crippen LogP contribution in [-0.2, 0) is 4.79 Å². The molecule has 15 heavy (non-hydrogen) atoms. The fourth-order valence-corrected chi connectivity index (χ4v) is 2.24. The predicted molar refractivity (Wildman–Crippen MR) is 65.9 cm³/mol. The minimum Gasteiger partial charge on any atom is -0.371 e. The van der Waals surface area contributed by atoms with E-state index in [9.17, 15) is 4.79 Å². The van der Waals surface area contributed by atoms with Gasteiger partial charge in [-0.3, -0.25) is 4.79 Å². The van der Waals surface area contributed by atoms with Gasteiger partial charge in [-0.05, 0) is 24.5 Å². The zero-order valence-electron chi connectivity index (χ0n) is 8.21. The average Bonchev–Trinajstić information content (AvgIpc) is 2.20. The SMILES string of the molecule is CSC[C@@H]1Nc2cc(Cl)ccc2NC1=O. The van der Waals surface area contributed by atoms with E-state index in [0.29, 0.717) is 5.02 Å². The van der Waals surface area contributed by atoms with E-state index in [0.717, 1.165) is 17.1 Å². The first kappa shape index (κ1) is 10.6. The lowest BCUT2D eigenvalue weighted by Crippen LogP contribution is -2.40. The molecule has 0 unspecified atom stereocenters. The molecular weight excluding hydrogens is 232 g/mol. The molecule has 3 nitrogen and oxygen atoms in total. The van der Waals surface area contributed by atoms with Gasteiger partial charge in [0.15, 0.2) is 0 Å². The van der Waals surface area contributed by atoms with E-state index in [1.807, 2.05) is 12.3 Å². The van der Waals surface area contributed by atoms with Crippen molar-refractivity contribution in [3.8, 4) is 0 Å². The summed E-state index contributed by atoms with van der Waals surface area (Å²) in [5.74, 6) is 0.761. The van der Waals surface area contributed by atoms with E-state index < -0.39 is 0 Å². The van der Waals surface area contributed by atoms with Gasteiger partial charge in [-0.25, -0.2) is 0 Å². The number of hydrogen-bond acceptors (Lipinski definition) is 3. The molecule has 0 saturated carbocycles. The topological polar surface area (TPSA) is 41.1 Å². The van der Waals surface area contributed by atoms with E-state index in [1.165, 1.54) is 0 Å². The highest BCUT2D eigenvalue weighted by Crippen LogP contribution is 2.29. The quantitative estimate of drug-likeness (QED) is 0.837. The second-order valence-corrected chi connectivity index (χ2v) is 4.68. The molecule has 1 aliphatic rings. The fourth-order valence-electron chi connectivity index (χ4n) is 1.50. The number of fused-ring (bicyclic) bond motifs is 1. The van der Waals surface area contributed by atoms with Crippen molar-refractivity contribution in [2.75, 3.05) is 22.6 Å². The minimum absolute atomic E-state index is 0.0131. The molecule has 5 heteroatoms. The van der Waals surface area contributed by atoms with Crippen LogP contribution in [0.2, 0.25) is 5.02 Å². The van der Waals surface area contributed by atoms with Crippen molar-refractivity contribution in [2.24, 2.45) is 0 Å². The molecule has 0 radical (unpaired) electrons. The van der Waals surface area contributed by atoms with Crippen LogP contribution in [-0.4, -0.2) is 24.0 Å². The number of rotatable bonds is 2. The van der Waals surface area contributed by atoms with Crippen molar-refractivity contribution in [1.82, 2.24) is 0 Å². The number of anilines is 2. The Labute approximate surface area is 97.6 Å².